The molecule has 0 heterocycles. The third kappa shape index (κ3) is 4.74. The lowest BCUT2D eigenvalue weighted by Crippen LogP contribution is -2.37. The first-order valence-electron chi connectivity index (χ1n) is 8.74. The number of carbonyl (C=O) groups excluding carboxylic acids is 2. The van der Waals surface area contributed by atoms with Gasteiger partial charge in [0.25, 0.3) is 15.7 Å². The van der Waals surface area contributed by atoms with Crippen LogP contribution in [0.15, 0.2) is 47.4 Å². The number of ether oxygens (including phenoxy) is 2. The molecule has 0 saturated heterocycles. The molecule has 0 N–H and O–H groups in total. The topological polar surface area (TPSA) is 133 Å². The molecular formula is C19H20N2O8S. The average Bonchev–Trinajstić information content (AvgIpc) is 2.72. The van der Waals surface area contributed by atoms with Gasteiger partial charge in [0.05, 0.1) is 34.8 Å². The van der Waals surface area contributed by atoms with E-state index in [1.54, 1.807) is 6.92 Å². The molecule has 0 aromatic heterocycles. The number of nitro groups is 1. The molecule has 2 rings (SSSR count). The van der Waals surface area contributed by atoms with Gasteiger partial charge in [0.15, 0.2) is 0 Å². The number of esters is 2. The predicted octanol–water partition coefficient (Wildman–Crippen LogP) is 2.45. The average molecular weight is 436 g/mol. The van der Waals surface area contributed by atoms with Crippen LogP contribution >= 0.6 is 0 Å². The van der Waals surface area contributed by atoms with Crippen molar-refractivity contribution in [2.24, 2.45) is 0 Å². The van der Waals surface area contributed by atoms with Gasteiger partial charge in [-0.1, -0.05) is 12.1 Å². The Labute approximate surface area is 173 Å². The maximum absolute atomic E-state index is 13.3. The zero-order chi connectivity index (χ0) is 22.5. The molecule has 0 unspecified atom stereocenters. The van der Waals surface area contributed by atoms with Gasteiger partial charge in [-0.25, -0.2) is 13.2 Å². The van der Waals surface area contributed by atoms with Crippen LogP contribution in [0.4, 0.5) is 11.4 Å². The Morgan fingerprint density at radius 2 is 1.83 bits per heavy atom. The van der Waals surface area contributed by atoms with Crippen LogP contribution in [-0.4, -0.2) is 45.5 Å². The zero-order valence-corrected chi connectivity index (χ0v) is 17.3. The van der Waals surface area contributed by atoms with E-state index in [9.17, 15) is 28.1 Å². The maximum atomic E-state index is 13.3. The Morgan fingerprint density at radius 3 is 2.43 bits per heavy atom. The summed E-state index contributed by atoms with van der Waals surface area (Å²) in [7, 11) is -3.32. The molecule has 0 fully saturated rings. The van der Waals surface area contributed by atoms with E-state index in [-0.39, 0.29) is 28.3 Å². The van der Waals surface area contributed by atoms with Crippen LogP contribution in [0.25, 0.3) is 0 Å². The number of nitro benzene ring substituents is 1. The number of hydrogen-bond donors (Lipinski definition) is 0. The summed E-state index contributed by atoms with van der Waals surface area (Å²) in [4.78, 5) is 34.1. The maximum Gasteiger partial charge on any atom is 0.338 e. The number of nitrogens with zero attached hydrogens (tertiary/aromatic N) is 2. The number of carbonyl (C=O) groups is 2. The molecule has 0 spiro atoms. The van der Waals surface area contributed by atoms with Crippen molar-refractivity contribution in [1.29, 1.82) is 0 Å². The van der Waals surface area contributed by atoms with E-state index >= 15 is 0 Å². The molecule has 0 aliphatic heterocycles. The largest absolute Gasteiger partial charge is 0.468 e. The van der Waals surface area contributed by atoms with Gasteiger partial charge in [0.1, 0.15) is 6.54 Å². The first-order valence-corrected chi connectivity index (χ1v) is 10.2. The van der Waals surface area contributed by atoms with Crippen LogP contribution in [0, 0.1) is 17.0 Å². The van der Waals surface area contributed by atoms with Gasteiger partial charge in [0, 0.05) is 12.1 Å². The highest BCUT2D eigenvalue weighted by Gasteiger charge is 2.31. The van der Waals surface area contributed by atoms with Crippen LogP contribution in [0.2, 0.25) is 0 Å². The fraction of sp³-hybridized carbons (Fsp3) is 0.263. The standard InChI is InChI=1S/C19H20N2O8S/c1-4-29-19(23)16-9-6-10-17(13(16)2)20(12-18(22)28-3)30(26,27)15-8-5-7-14(11-15)21(24)25/h5-11H,4,12H2,1-3H3. The van der Waals surface area contributed by atoms with Crippen molar-refractivity contribution >= 4 is 33.3 Å². The number of rotatable bonds is 8. The number of methoxy groups -OCH3 is 1. The second-order valence-corrected chi connectivity index (χ2v) is 7.87. The molecule has 0 radical (unpaired) electrons. The van der Waals surface area contributed by atoms with Gasteiger partial charge in [-0.3, -0.25) is 19.2 Å². The number of non-ortho nitro benzene ring substituents is 1. The fourth-order valence-corrected chi connectivity index (χ4v) is 4.20. The van der Waals surface area contributed by atoms with Gasteiger partial charge in [0.2, 0.25) is 0 Å². The minimum Gasteiger partial charge on any atom is -0.468 e. The Bertz CT molecular complexity index is 1080. The summed E-state index contributed by atoms with van der Waals surface area (Å²) < 4.78 is 36.9. The molecule has 0 saturated carbocycles. The second-order valence-electron chi connectivity index (χ2n) is 6.01. The minimum absolute atomic E-state index is 0.0393. The summed E-state index contributed by atoms with van der Waals surface area (Å²) in [5, 5.41) is 11.1. The highest BCUT2D eigenvalue weighted by atomic mass is 32.2. The van der Waals surface area contributed by atoms with E-state index in [0.717, 1.165) is 23.5 Å². The molecular weight excluding hydrogens is 416 g/mol. The van der Waals surface area contributed by atoms with Crippen molar-refractivity contribution in [2.75, 3.05) is 24.6 Å². The van der Waals surface area contributed by atoms with Gasteiger partial charge >= 0.3 is 11.9 Å². The van der Waals surface area contributed by atoms with Crippen molar-refractivity contribution < 1.29 is 32.4 Å². The number of hydrogen-bond acceptors (Lipinski definition) is 8. The zero-order valence-electron chi connectivity index (χ0n) is 16.5. The van der Waals surface area contributed by atoms with Crippen LogP contribution < -0.4 is 4.31 Å². The van der Waals surface area contributed by atoms with Crippen LogP contribution in [0.1, 0.15) is 22.8 Å². The van der Waals surface area contributed by atoms with Gasteiger partial charge < -0.3 is 9.47 Å². The third-order valence-electron chi connectivity index (χ3n) is 4.19. The third-order valence-corrected chi connectivity index (χ3v) is 5.94. The first kappa shape index (κ1) is 22.8. The van der Waals surface area contributed by atoms with Crippen molar-refractivity contribution in [1.82, 2.24) is 0 Å². The Morgan fingerprint density at radius 1 is 1.17 bits per heavy atom. The minimum atomic E-state index is -4.42. The Kier molecular flexibility index (Phi) is 7.11. The summed E-state index contributed by atoms with van der Waals surface area (Å²) in [6.45, 7) is 2.57. The fourth-order valence-electron chi connectivity index (χ4n) is 2.69. The highest BCUT2D eigenvalue weighted by molar-refractivity contribution is 7.92. The molecule has 0 aliphatic rings. The van der Waals surface area contributed by atoms with E-state index in [2.05, 4.69) is 4.74 Å². The van der Waals surface area contributed by atoms with Crippen molar-refractivity contribution in [3.8, 4) is 0 Å². The first-order chi connectivity index (χ1) is 14.1. The molecule has 0 atom stereocenters. The number of anilines is 1. The predicted molar refractivity (Wildman–Crippen MR) is 107 cm³/mol. The molecule has 160 valence electrons. The lowest BCUT2D eigenvalue weighted by atomic mass is 10.1. The molecule has 2 aromatic carbocycles. The number of sulfonamides is 1. The van der Waals surface area contributed by atoms with E-state index in [0.29, 0.717) is 0 Å². The normalized spacial score (nSPS) is 10.9. The van der Waals surface area contributed by atoms with E-state index in [1.807, 2.05) is 0 Å². The second kappa shape index (κ2) is 9.35. The van der Waals surface area contributed by atoms with Crippen LogP contribution in [-0.2, 0) is 24.3 Å². The van der Waals surface area contributed by atoms with Crippen LogP contribution in [0.3, 0.4) is 0 Å². The summed E-state index contributed by atoms with van der Waals surface area (Å²) in [5.74, 6) is -1.51. The van der Waals surface area contributed by atoms with Crippen molar-refractivity contribution in [3.63, 3.8) is 0 Å². The van der Waals surface area contributed by atoms with E-state index in [4.69, 9.17) is 4.74 Å². The summed E-state index contributed by atoms with van der Waals surface area (Å²) in [5.41, 5.74) is -0.00383. The highest BCUT2D eigenvalue weighted by Crippen LogP contribution is 2.30. The SMILES string of the molecule is CCOC(=O)c1cccc(N(CC(=O)OC)S(=O)(=O)c2cccc([N+](=O)[O-])c2)c1C. The lowest BCUT2D eigenvalue weighted by molar-refractivity contribution is -0.385. The Balaban J connectivity index is 2.66. The van der Waals surface area contributed by atoms with E-state index < -0.39 is 39.1 Å². The summed E-state index contributed by atoms with van der Waals surface area (Å²) in [6.07, 6.45) is 0. The molecule has 10 nitrogen and oxygen atoms in total. The monoisotopic (exact) mass is 436 g/mol. The molecule has 0 bridgehead atoms. The molecule has 30 heavy (non-hydrogen) atoms. The van der Waals surface area contributed by atoms with E-state index in [1.165, 1.54) is 37.3 Å². The summed E-state index contributed by atoms with van der Waals surface area (Å²) >= 11 is 0. The number of benzene rings is 2. The molecule has 0 aliphatic carbocycles. The van der Waals surface area contributed by atoms with Crippen molar-refractivity contribution in [3.05, 3.63) is 63.7 Å². The molecule has 11 heteroatoms. The van der Waals surface area contributed by atoms with Crippen molar-refractivity contribution in [2.45, 2.75) is 18.7 Å². The van der Waals surface area contributed by atoms with Gasteiger partial charge in [-0.2, -0.15) is 0 Å². The van der Waals surface area contributed by atoms with Gasteiger partial charge in [-0.05, 0) is 37.6 Å². The molecule has 2 aromatic rings. The quantitative estimate of drug-likeness (QED) is 0.350. The van der Waals surface area contributed by atoms with Crippen LogP contribution in [0.5, 0.6) is 0 Å². The Hall–Kier alpha value is -3.47. The molecule has 0 amide bonds. The lowest BCUT2D eigenvalue weighted by Gasteiger charge is -2.25. The summed E-state index contributed by atoms with van der Waals surface area (Å²) in [6, 6.07) is 8.77. The van der Waals surface area contributed by atoms with Gasteiger partial charge in [-0.15, -0.1) is 0 Å². The smallest absolute Gasteiger partial charge is 0.338 e.